The lowest BCUT2D eigenvalue weighted by Crippen LogP contribution is -2.16. The van der Waals surface area contributed by atoms with E-state index in [4.69, 9.17) is 90.4 Å². The van der Waals surface area contributed by atoms with Crippen LogP contribution >= 0.6 is 0 Å². The van der Waals surface area contributed by atoms with E-state index in [9.17, 15) is 0 Å². The van der Waals surface area contributed by atoms with Crippen molar-refractivity contribution < 1.29 is 90.4 Å². The Bertz CT molecular complexity index is 719. The second kappa shape index (κ2) is 61.2. The standard InChI is InChI=1S/C44H90O19/c1-2-3-4-5-6-7-9-46-11-13-48-15-17-50-19-21-52-23-25-54-27-29-56-31-33-58-35-37-60-39-41-62-43-44-63-42-40-61-38-36-59-34-32-57-30-28-55-26-24-53-22-20-51-18-16-49-14-12-47-10-8-45/h45H,2-44H2,1H3. The number of aliphatic hydroxyl groups is 1. The van der Waals surface area contributed by atoms with Gasteiger partial charge in [0.15, 0.2) is 0 Å². The lowest BCUT2D eigenvalue weighted by molar-refractivity contribution is -0.0310. The number of ether oxygens (including phenoxy) is 18. The number of hydrogen-bond acceptors (Lipinski definition) is 19. The Labute approximate surface area is 379 Å². The Morgan fingerprint density at radius 2 is 0.317 bits per heavy atom. The van der Waals surface area contributed by atoms with Crippen LogP contribution in [0.5, 0.6) is 0 Å². The highest BCUT2D eigenvalue weighted by molar-refractivity contribution is 4.44. The van der Waals surface area contributed by atoms with E-state index < -0.39 is 0 Å². The first-order valence-electron chi connectivity index (χ1n) is 23.4. The van der Waals surface area contributed by atoms with Crippen molar-refractivity contribution in [1.29, 1.82) is 0 Å². The minimum absolute atomic E-state index is 0.0213. The molecule has 380 valence electrons. The Morgan fingerprint density at radius 1 is 0.175 bits per heavy atom. The number of rotatable bonds is 60. The van der Waals surface area contributed by atoms with Crippen molar-refractivity contribution >= 4 is 0 Å². The molecule has 0 aliphatic carbocycles. The van der Waals surface area contributed by atoms with Gasteiger partial charge in [-0.2, -0.15) is 0 Å². The van der Waals surface area contributed by atoms with Crippen LogP contribution in [0.15, 0.2) is 0 Å². The van der Waals surface area contributed by atoms with Gasteiger partial charge in [-0.25, -0.2) is 0 Å². The number of unbranched alkanes of at least 4 members (excludes halogenated alkanes) is 5. The SMILES string of the molecule is CCCCCCCCOCCOCCOCCOCCOCCOCCOCCOCCOCCOCCOCCOCCOCCOCCOCCOCCOCCOCCO. The van der Waals surface area contributed by atoms with Crippen LogP contribution in [0.2, 0.25) is 0 Å². The molecule has 0 aromatic carbocycles. The molecule has 0 saturated heterocycles. The normalized spacial score (nSPS) is 11.7. The minimum Gasteiger partial charge on any atom is -0.394 e. The highest BCUT2D eigenvalue weighted by Crippen LogP contribution is 2.04. The van der Waals surface area contributed by atoms with Crippen molar-refractivity contribution in [2.24, 2.45) is 0 Å². The van der Waals surface area contributed by atoms with Gasteiger partial charge in [-0.3, -0.25) is 0 Å². The molecule has 0 spiro atoms. The van der Waals surface area contributed by atoms with Crippen molar-refractivity contribution in [3.8, 4) is 0 Å². The van der Waals surface area contributed by atoms with E-state index >= 15 is 0 Å². The quantitative estimate of drug-likeness (QED) is 0.0877. The topological polar surface area (TPSA) is 186 Å². The van der Waals surface area contributed by atoms with Crippen molar-refractivity contribution in [1.82, 2.24) is 0 Å². The molecule has 0 aromatic rings. The van der Waals surface area contributed by atoms with E-state index in [0.717, 1.165) is 13.0 Å². The van der Waals surface area contributed by atoms with E-state index in [1.165, 1.54) is 32.1 Å². The molecule has 63 heavy (non-hydrogen) atoms. The molecule has 1 N–H and O–H groups in total. The molecular formula is C44H90O19. The van der Waals surface area contributed by atoms with Crippen molar-refractivity contribution in [3.05, 3.63) is 0 Å². The first-order valence-corrected chi connectivity index (χ1v) is 23.4. The van der Waals surface area contributed by atoms with Gasteiger partial charge >= 0.3 is 0 Å². The van der Waals surface area contributed by atoms with E-state index in [1.807, 2.05) is 0 Å². The summed E-state index contributed by atoms with van der Waals surface area (Å²) in [6.07, 6.45) is 7.65. The molecular weight excluding hydrogens is 832 g/mol. The van der Waals surface area contributed by atoms with Crippen LogP contribution in [0, 0.1) is 0 Å². The molecule has 19 nitrogen and oxygen atoms in total. The van der Waals surface area contributed by atoms with Crippen LogP contribution in [0.4, 0.5) is 0 Å². The fourth-order valence-electron chi connectivity index (χ4n) is 4.89. The lowest BCUT2D eigenvalue weighted by Gasteiger charge is -2.09. The van der Waals surface area contributed by atoms with Crippen LogP contribution in [0.3, 0.4) is 0 Å². The van der Waals surface area contributed by atoms with Crippen molar-refractivity contribution in [3.63, 3.8) is 0 Å². The Balaban J connectivity index is 3.06. The van der Waals surface area contributed by atoms with Crippen LogP contribution in [-0.4, -0.2) is 250 Å². The molecule has 0 aliphatic heterocycles. The van der Waals surface area contributed by atoms with Gasteiger partial charge < -0.3 is 90.4 Å². The zero-order valence-corrected chi connectivity index (χ0v) is 39.2. The Kier molecular flexibility index (Phi) is 60.5. The molecule has 0 aromatic heterocycles. The van der Waals surface area contributed by atoms with E-state index in [2.05, 4.69) is 6.92 Å². The molecule has 0 unspecified atom stereocenters. The highest BCUT2D eigenvalue weighted by Gasteiger charge is 1.99. The van der Waals surface area contributed by atoms with E-state index in [-0.39, 0.29) is 6.61 Å². The Morgan fingerprint density at radius 3 is 0.492 bits per heavy atom. The second-order valence-corrected chi connectivity index (χ2v) is 13.5. The third kappa shape index (κ3) is 61.2. The predicted octanol–water partition coefficient (Wildman–Crippen LogP) is 2.64. The van der Waals surface area contributed by atoms with E-state index in [0.29, 0.717) is 231 Å². The van der Waals surface area contributed by atoms with Crippen LogP contribution in [0.25, 0.3) is 0 Å². The average Bonchev–Trinajstić information content (AvgIpc) is 3.29. The first-order chi connectivity index (χ1) is 31.4. The summed E-state index contributed by atoms with van der Waals surface area (Å²) in [6, 6.07) is 0. The van der Waals surface area contributed by atoms with Crippen LogP contribution in [-0.2, 0) is 85.3 Å². The molecule has 0 aliphatic rings. The molecule has 19 heteroatoms. The van der Waals surface area contributed by atoms with Gasteiger partial charge in [0.25, 0.3) is 0 Å². The van der Waals surface area contributed by atoms with Gasteiger partial charge in [0.05, 0.1) is 238 Å². The van der Waals surface area contributed by atoms with E-state index in [1.54, 1.807) is 0 Å². The summed E-state index contributed by atoms with van der Waals surface area (Å²) in [5.41, 5.74) is 0. The summed E-state index contributed by atoms with van der Waals surface area (Å²) >= 11 is 0. The predicted molar refractivity (Wildman–Crippen MR) is 235 cm³/mol. The van der Waals surface area contributed by atoms with Crippen LogP contribution in [0.1, 0.15) is 45.4 Å². The summed E-state index contributed by atoms with van der Waals surface area (Å²) < 4.78 is 98.5. The maximum absolute atomic E-state index is 8.60. The van der Waals surface area contributed by atoms with Gasteiger partial charge in [-0.1, -0.05) is 39.0 Å². The van der Waals surface area contributed by atoms with Crippen molar-refractivity contribution in [2.75, 3.05) is 244 Å². The summed E-state index contributed by atoms with van der Waals surface area (Å²) in [5, 5.41) is 8.60. The third-order valence-electron chi connectivity index (χ3n) is 8.20. The first kappa shape index (κ1) is 62.2. The summed E-state index contributed by atoms with van der Waals surface area (Å²) in [7, 11) is 0. The zero-order valence-electron chi connectivity index (χ0n) is 39.2. The fraction of sp³-hybridized carbons (Fsp3) is 1.00. The molecule has 0 fully saturated rings. The number of aliphatic hydroxyl groups excluding tert-OH is 1. The molecule has 0 rings (SSSR count). The van der Waals surface area contributed by atoms with Gasteiger partial charge in [-0.05, 0) is 6.42 Å². The molecule has 0 amide bonds. The van der Waals surface area contributed by atoms with Gasteiger partial charge in [-0.15, -0.1) is 0 Å². The maximum Gasteiger partial charge on any atom is 0.0701 e. The number of hydrogen-bond donors (Lipinski definition) is 1. The molecule has 0 saturated carbocycles. The fourth-order valence-corrected chi connectivity index (χ4v) is 4.89. The molecule has 0 heterocycles. The lowest BCUT2D eigenvalue weighted by atomic mass is 10.1. The van der Waals surface area contributed by atoms with Gasteiger partial charge in [0.2, 0.25) is 0 Å². The van der Waals surface area contributed by atoms with Crippen LogP contribution < -0.4 is 0 Å². The smallest absolute Gasteiger partial charge is 0.0701 e. The third-order valence-corrected chi connectivity index (χ3v) is 8.20. The summed E-state index contributed by atoms with van der Waals surface area (Å²) in [6.45, 7) is 20.8. The highest BCUT2D eigenvalue weighted by atomic mass is 16.6. The summed E-state index contributed by atoms with van der Waals surface area (Å²) in [5.74, 6) is 0. The molecule has 0 bridgehead atoms. The van der Waals surface area contributed by atoms with Gasteiger partial charge in [0, 0.05) is 6.61 Å². The minimum atomic E-state index is 0.0213. The molecule has 0 radical (unpaired) electrons. The maximum atomic E-state index is 8.60. The summed E-state index contributed by atoms with van der Waals surface area (Å²) in [4.78, 5) is 0. The Hall–Kier alpha value is -0.760. The largest absolute Gasteiger partial charge is 0.394 e. The average molecular weight is 923 g/mol. The second-order valence-electron chi connectivity index (χ2n) is 13.5. The van der Waals surface area contributed by atoms with Crippen molar-refractivity contribution in [2.45, 2.75) is 45.4 Å². The monoisotopic (exact) mass is 923 g/mol. The zero-order chi connectivity index (χ0) is 45.1. The molecule has 0 atom stereocenters. The van der Waals surface area contributed by atoms with Gasteiger partial charge in [0.1, 0.15) is 0 Å².